The van der Waals surface area contributed by atoms with Crippen LogP contribution in [0.5, 0.6) is 0 Å². The average Bonchev–Trinajstić information content (AvgIpc) is 2.28. The van der Waals surface area contributed by atoms with Crippen molar-refractivity contribution in [3.05, 3.63) is 33.9 Å². The minimum atomic E-state index is -0.763. The van der Waals surface area contributed by atoms with Gasteiger partial charge >= 0.3 is 0 Å². The second kappa shape index (κ2) is 5.26. The summed E-state index contributed by atoms with van der Waals surface area (Å²) in [4.78, 5) is 21.1. The fraction of sp³-hybridized carbons (Fsp3) is 0.300. The van der Waals surface area contributed by atoms with E-state index in [2.05, 4.69) is 5.32 Å². The van der Waals surface area contributed by atoms with Crippen LogP contribution in [0.15, 0.2) is 18.2 Å². The van der Waals surface area contributed by atoms with E-state index < -0.39 is 10.8 Å². The maximum Gasteiger partial charge on any atom is 0.270 e. The van der Waals surface area contributed by atoms with Gasteiger partial charge in [-0.15, -0.1) is 0 Å². The molecule has 7 nitrogen and oxygen atoms in total. The Morgan fingerprint density at radius 2 is 2.29 bits per heavy atom. The van der Waals surface area contributed by atoms with Gasteiger partial charge in [0.1, 0.15) is 0 Å². The van der Waals surface area contributed by atoms with Crippen molar-refractivity contribution in [2.75, 3.05) is 11.9 Å². The summed E-state index contributed by atoms with van der Waals surface area (Å²) in [6.45, 7) is 1.57. The van der Waals surface area contributed by atoms with Crippen molar-refractivity contribution in [1.29, 1.82) is 0 Å². The third-order valence-electron chi connectivity index (χ3n) is 2.16. The van der Waals surface area contributed by atoms with Gasteiger partial charge in [-0.05, 0) is 13.0 Å². The monoisotopic (exact) mass is 239 g/mol. The Morgan fingerprint density at radius 1 is 1.65 bits per heavy atom. The molecule has 0 heterocycles. The van der Waals surface area contributed by atoms with E-state index in [1.165, 1.54) is 12.1 Å². The summed E-state index contributed by atoms with van der Waals surface area (Å²) in [5.74, 6) is -0.763. The molecule has 1 aromatic carbocycles. The molecule has 1 aromatic rings. The Labute approximate surface area is 97.4 Å². The number of carbonyl (C=O) groups excluding carboxylic acids is 1. The number of non-ortho nitro benzene ring substituents is 1. The lowest BCUT2D eigenvalue weighted by Crippen LogP contribution is -2.22. The highest BCUT2D eigenvalue weighted by atomic mass is 16.6. The van der Waals surface area contributed by atoms with Gasteiger partial charge in [0.05, 0.1) is 17.1 Å². The molecule has 1 amide bonds. The number of amides is 1. The van der Waals surface area contributed by atoms with Crippen molar-refractivity contribution < 1.29 is 14.8 Å². The zero-order valence-corrected chi connectivity index (χ0v) is 9.21. The number of nitro benzene ring substituents is 1. The molecule has 0 saturated heterocycles. The first kappa shape index (κ1) is 12.9. The van der Waals surface area contributed by atoms with Crippen LogP contribution in [-0.4, -0.2) is 28.6 Å². The van der Waals surface area contributed by atoms with E-state index in [1.54, 1.807) is 6.92 Å². The summed E-state index contributed by atoms with van der Waals surface area (Å²) in [5.41, 5.74) is 5.32. The van der Waals surface area contributed by atoms with Gasteiger partial charge in [0.25, 0.3) is 11.6 Å². The Kier molecular flexibility index (Phi) is 4.00. The molecule has 0 fully saturated rings. The number of nitro groups is 1. The van der Waals surface area contributed by atoms with Crippen LogP contribution < -0.4 is 11.1 Å². The van der Waals surface area contributed by atoms with Crippen LogP contribution in [0.25, 0.3) is 0 Å². The molecule has 0 aromatic heterocycles. The number of anilines is 1. The first-order chi connectivity index (χ1) is 7.95. The Bertz CT molecular complexity index is 447. The molecule has 0 radical (unpaired) electrons. The molecule has 92 valence electrons. The minimum absolute atomic E-state index is 0.0273. The second-order valence-electron chi connectivity index (χ2n) is 3.58. The van der Waals surface area contributed by atoms with Crippen LogP contribution in [0.1, 0.15) is 17.3 Å². The Balaban J connectivity index is 3.13. The van der Waals surface area contributed by atoms with Crippen molar-refractivity contribution in [3.8, 4) is 0 Å². The molecule has 0 aliphatic rings. The number of nitrogens with zero attached hydrogens (tertiary/aromatic N) is 1. The topological polar surface area (TPSA) is 118 Å². The highest BCUT2D eigenvalue weighted by molar-refractivity contribution is 5.99. The molecule has 0 bridgehead atoms. The molecule has 17 heavy (non-hydrogen) atoms. The lowest BCUT2D eigenvalue weighted by molar-refractivity contribution is -0.384. The number of primary amides is 1. The van der Waals surface area contributed by atoms with Gasteiger partial charge in [0.2, 0.25) is 0 Å². The number of hydrogen-bond donors (Lipinski definition) is 3. The number of aliphatic hydroxyl groups is 1. The van der Waals surface area contributed by atoms with Crippen molar-refractivity contribution in [3.63, 3.8) is 0 Å². The molecule has 1 unspecified atom stereocenters. The maximum atomic E-state index is 11.2. The van der Waals surface area contributed by atoms with Crippen molar-refractivity contribution >= 4 is 17.3 Å². The molecule has 0 saturated carbocycles. The zero-order chi connectivity index (χ0) is 13.0. The fourth-order valence-corrected chi connectivity index (χ4v) is 1.29. The number of hydrogen-bond acceptors (Lipinski definition) is 5. The number of nitrogens with two attached hydrogens (primary N) is 1. The van der Waals surface area contributed by atoms with E-state index in [0.717, 1.165) is 6.07 Å². The number of nitrogens with one attached hydrogen (secondary N) is 1. The third-order valence-corrected chi connectivity index (χ3v) is 2.16. The first-order valence-electron chi connectivity index (χ1n) is 4.91. The SMILES string of the molecule is CC(CO)Nc1ccc([N+](=O)[O-])cc1C(N)=O. The summed E-state index contributed by atoms with van der Waals surface area (Å²) in [5, 5.41) is 22.3. The lowest BCUT2D eigenvalue weighted by Gasteiger charge is -2.14. The predicted molar refractivity (Wildman–Crippen MR) is 61.8 cm³/mol. The van der Waals surface area contributed by atoms with Crippen LogP contribution in [0, 0.1) is 10.1 Å². The molecule has 0 aliphatic carbocycles. The van der Waals surface area contributed by atoms with E-state index in [-0.39, 0.29) is 23.9 Å². The summed E-state index contributed by atoms with van der Waals surface area (Å²) in [6, 6.07) is 3.48. The quantitative estimate of drug-likeness (QED) is 0.510. The molecular formula is C10H13N3O4. The molecule has 1 rings (SSSR count). The van der Waals surface area contributed by atoms with Gasteiger partial charge in [-0.2, -0.15) is 0 Å². The van der Waals surface area contributed by atoms with E-state index in [0.29, 0.717) is 5.69 Å². The summed E-state index contributed by atoms with van der Waals surface area (Å²) in [6.07, 6.45) is 0. The van der Waals surface area contributed by atoms with Gasteiger partial charge < -0.3 is 16.2 Å². The molecular weight excluding hydrogens is 226 g/mol. The van der Waals surface area contributed by atoms with Crippen LogP contribution in [0.4, 0.5) is 11.4 Å². The predicted octanol–water partition coefficient (Wildman–Crippen LogP) is 0.486. The van der Waals surface area contributed by atoms with E-state index in [1.807, 2.05) is 0 Å². The summed E-state index contributed by atoms with van der Waals surface area (Å²) >= 11 is 0. The van der Waals surface area contributed by atoms with E-state index >= 15 is 0 Å². The molecule has 1 atom stereocenters. The number of rotatable bonds is 5. The largest absolute Gasteiger partial charge is 0.394 e. The first-order valence-corrected chi connectivity index (χ1v) is 4.91. The highest BCUT2D eigenvalue weighted by Gasteiger charge is 2.15. The maximum absolute atomic E-state index is 11.2. The zero-order valence-electron chi connectivity index (χ0n) is 9.21. The fourth-order valence-electron chi connectivity index (χ4n) is 1.29. The van der Waals surface area contributed by atoms with Crippen LogP contribution in [0.2, 0.25) is 0 Å². The van der Waals surface area contributed by atoms with Crippen LogP contribution >= 0.6 is 0 Å². The summed E-state index contributed by atoms with van der Waals surface area (Å²) < 4.78 is 0. The van der Waals surface area contributed by atoms with Crippen LogP contribution in [-0.2, 0) is 0 Å². The van der Waals surface area contributed by atoms with Gasteiger partial charge in [0.15, 0.2) is 0 Å². The van der Waals surface area contributed by atoms with Crippen molar-refractivity contribution in [2.24, 2.45) is 5.73 Å². The molecule has 0 aliphatic heterocycles. The van der Waals surface area contributed by atoms with Gasteiger partial charge in [-0.3, -0.25) is 14.9 Å². The van der Waals surface area contributed by atoms with Gasteiger partial charge in [0, 0.05) is 23.9 Å². The third kappa shape index (κ3) is 3.15. The smallest absolute Gasteiger partial charge is 0.270 e. The van der Waals surface area contributed by atoms with Gasteiger partial charge in [-0.25, -0.2) is 0 Å². The van der Waals surface area contributed by atoms with Crippen LogP contribution in [0.3, 0.4) is 0 Å². The Morgan fingerprint density at radius 3 is 2.76 bits per heavy atom. The number of benzene rings is 1. The Hall–Kier alpha value is -2.15. The van der Waals surface area contributed by atoms with E-state index in [4.69, 9.17) is 10.8 Å². The number of aliphatic hydroxyl groups excluding tert-OH is 1. The van der Waals surface area contributed by atoms with Crippen molar-refractivity contribution in [2.45, 2.75) is 13.0 Å². The summed E-state index contributed by atoms with van der Waals surface area (Å²) in [7, 11) is 0. The lowest BCUT2D eigenvalue weighted by atomic mass is 10.1. The molecule has 7 heteroatoms. The second-order valence-corrected chi connectivity index (χ2v) is 3.58. The van der Waals surface area contributed by atoms with E-state index in [9.17, 15) is 14.9 Å². The molecule has 0 spiro atoms. The van der Waals surface area contributed by atoms with Crippen molar-refractivity contribution in [1.82, 2.24) is 0 Å². The average molecular weight is 239 g/mol. The van der Waals surface area contributed by atoms with Gasteiger partial charge in [-0.1, -0.05) is 0 Å². The molecule has 4 N–H and O–H groups in total. The standard InChI is InChI=1S/C10H13N3O4/c1-6(5-14)12-9-3-2-7(13(16)17)4-8(9)10(11)15/h2-4,6,12,14H,5H2,1H3,(H2,11,15). The number of carbonyl (C=O) groups is 1. The normalized spacial score (nSPS) is 11.9. The minimum Gasteiger partial charge on any atom is -0.394 e. The highest BCUT2D eigenvalue weighted by Crippen LogP contribution is 2.22.